The highest BCUT2D eigenvalue weighted by Crippen LogP contribution is 2.17. The maximum atomic E-state index is 12.4. The van der Waals surface area contributed by atoms with Gasteiger partial charge in [0, 0.05) is 13.1 Å². The van der Waals surface area contributed by atoms with Crippen LogP contribution in [0.3, 0.4) is 0 Å². The maximum Gasteiger partial charge on any atom is 0.243 e. The van der Waals surface area contributed by atoms with E-state index in [0.29, 0.717) is 0 Å². The van der Waals surface area contributed by atoms with E-state index in [9.17, 15) is 13.2 Å². The third-order valence-corrected chi connectivity index (χ3v) is 6.11. The average molecular weight is 338 g/mol. The van der Waals surface area contributed by atoms with Crippen LogP contribution in [0, 0.1) is 0 Å². The third-order valence-electron chi connectivity index (χ3n) is 4.29. The molecule has 0 heterocycles. The van der Waals surface area contributed by atoms with E-state index in [1.54, 1.807) is 30.3 Å². The maximum absolute atomic E-state index is 12.4. The van der Waals surface area contributed by atoms with E-state index >= 15 is 0 Å². The van der Waals surface area contributed by atoms with Crippen molar-refractivity contribution in [2.45, 2.75) is 55.9 Å². The molecule has 0 radical (unpaired) electrons. The van der Waals surface area contributed by atoms with Crippen molar-refractivity contribution in [3.63, 3.8) is 0 Å². The topological polar surface area (TPSA) is 66.5 Å². The number of hydrogen-bond acceptors (Lipinski definition) is 3. The second-order valence-corrected chi connectivity index (χ2v) is 8.23. The fraction of sp³-hybridized carbons (Fsp3) is 0.588. The van der Waals surface area contributed by atoms with E-state index in [2.05, 4.69) is 5.32 Å². The van der Waals surface area contributed by atoms with E-state index in [1.165, 1.54) is 26.3 Å². The molecule has 1 fully saturated rings. The normalized spacial score (nSPS) is 17.5. The molecular formula is C17H26N2O3S. The molecule has 1 aliphatic carbocycles. The molecule has 2 rings (SSSR count). The summed E-state index contributed by atoms with van der Waals surface area (Å²) in [5.74, 6) is -0.224. The van der Waals surface area contributed by atoms with Crippen molar-refractivity contribution in [1.82, 2.24) is 9.62 Å². The van der Waals surface area contributed by atoms with Crippen LogP contribution in [0.5, 0.6) is 0 Å². The first-order valence-electron chi connectivity index (χ1n) is 8.31. The van der Waals surface area contributed by atoms with Gasteiger partial charge in [0.15, 0.2) is 0 Å². The number of amides is 1. The summed E-state index contributed by atoms with van der Waals surface area (Å²) >= 11 is 0. The fourth-order valence-corrected chi connectivity index (χ4v) is 4.08. The summed E-state index contributed by atoms with van der Waals surface area (Å²) in [7, 11) is -2.17. The predicted octanol–water partition coefficient (Wildman–Crippen LogP) is 2.54. The smallest absolute Gasteiger partial charge is 0.243 e. The Bertz CT molecular complexity index is 594. The van der Waals surface area contributed by atoms with Crippen LogP contribution in [0.2, 0.25) is 0 Å². The van der Waals surface area contributed by atoms with Crippen molar-refractivity contribution in [3.05, 3.63) is 30.3 Å². The second-order valence-electron chi connectivity index (χ2n) is 6.18. The highest BCUT2D eigenvalue weighted by Gasteiger charge is 2.23. The molecule has 0 unspecified atom stereocenters. The van der Waals surface area contributed by atoms with Gasteiger partial charge in [-0.1, -0.05) is 50.3 Å². The zero-order valence-corrected chi connectivity index (χ0v) is 14.5. The van der Waals surface area contributed by atoms with Gasteiger partial charge in [-0.3, -0.25) is 4.79 Å². The molecule has 1 aromatic carbocycles. The van der Waals surface area contributed by atoms with Gasteiger partial charge in [0.05, 0.1) is 11.4 Å². The van der Waals surface area contributed by atoms with Gasteiger partial charge in [-0.2, -0.15) is 4.31 Å². The molecule has 1 amide bonds. The standard InChI is InChI=1S/C17H26N2O3S/c1-19(23(21,22)16-12-8-5-9-13-16)14-17(20)18-15-10-6-3-2-4-7-11-15/h5,8-9,12-13,15H,2-4,6-7,10-11,14H2,1H3,(H,18,20). The Kier molecular flexibility index (Phi) is 6.59. The summed E-state index contributed by atoms with van der Waals surface area (Å²) in [6, 6.07) is 8.37. The van der Waals surface area contributed by atoms with E-state index in [0.717, 1.165) is 30.0 Å². The summed E-state index contributed by atoms with van der Waals surface area (Å²) in [6.45, 7) is -0.145. The summed E-state index contributed by atoms with van der Waals surface area (Å²) < 4.78 is 25.9. The molecule has 1 saturated carbocycles. The first-order valence-corrected chi connectivity index (χ1v) is 9.75. The van der Waals surface area contributed by atoms with Gasteiger partial charge in [-0.25, -0.2) is 8.42 Å². The first kappa shape index (κ1) is 17.9. The van der Waals surface area contributed by atoms with Gasteiger partial charge >= 0.3 is 0 Å². The van der Waals surface area contributed by atoms with E-state index in [-0.39, 0.29) is 23.4 Å². The lowest BCUT2D eigenvalue weighted by atomic mass is 9.97. The molecule has 6 heteroatoms. The Morgan fingerprint density at radius 2 is 1.65 bits per heavy atom. The molecule has 128 valence electrons. The molecule has 5 nitrogen and oxygen atoms in total. The molecule has 1 aliphatic rings. The molecule has 0 aliphatic heterocycles. The van der Waals surface area contributed by atoms with Crippen LogP contribution in [-0.2, 0) is 14.8 Å². The van der Waals surface area contributed by atoms with Crippen LogP contribution >= 0.6 is 0 Å². The number of benzene rings is 1. The molecule has 0 aromatic heterocycles. The highest BCUT2D eigenvalue weighted by atomic mass is 32.2. The lowest BCUT2D eigenvalue weighted by Gasteiger charge is -2.23. The number of sulfonamides is 1. The van der Waals surface area contributed by atoms with Gasteiger partial charge < -0.3 is 5.32 Å². The molecule has 0 spiro atoms. The van der Waals surface area contributed by atoms with Crippen LogP contribution in [0.4, 0.5) is 0 Å². The minimum absolute atomic E-state index is 0.145. The van der Waals surface area contributed by atoms with Crippen molar-refractivity contribution in [2.24, 2.45) is 0 Å². The summed E-state index contributed by atoms with van der Waals surface area (Å²) in [5, 5.41) is 3.00. The van der Waals surface area contributed by atoms with Crippen LogP contribution in [0.15, 0.2) is 35.2 Å². The number of carbonyl (C=O) groups excluding carboxylic acids is 1. The first-order chi connectivity index (χ1) is 11.0. The minimum Gasteiger partial charge on any atom is -0.352 e. The van der Waals surface area contributed by atoms with Crippen LogP contribution in [-0.4, -0.2) is 38.3 Å². The summed E-state index contributed by atoms with van der Waals surface area (Å²) in [6.07, 6.45) is 7.94. The van der Waals surface area contributed by atoms with E-state index in [1.807, 2.05) is 0 Å². The Morgan fingerprint density at radius 3 is 2.26 bits per heavy atom. The van der Waals surface area contributed by atoms with Crippen LogP contribution in [0.25, 0.3) is 0 Å². The third kappa shape index (κ3) is 5.32. The van der Waals surface area contributed by atoms with Crippen molar-refractivity contribution in [2.75, 3.05) is 13.6 Å². The number of rotatable bonds is 5. The Balaban J connectivity index is 1.91. The number of likely N-dealkylation sites (N-methyl/N-ethyl adjacent to an activating group) is 1. The Labute approximate surface area is 139 Å². The van der Waals surface area contributed by atoms with Crippen LogP contribution in [0.1, 0.15) is 44.9 Å². The van der Waals surface area contributed by atoms with Crippen molar-refractivity contribution in [1.29, 1.82) is 0 Å². The van der Waals surface area contributed by atoms with E-state index < -0.39 is 10.0 Å². The molecule has 0 bridgehead atoms. The number of hydrogen-bond donors (Lipinski definition) is 1. The van der Waals surface area contributed by atoms with Gasteiger partial charge in [0.25, 0.3) is 0 Å². The van der Waals surface area contributed by atoms with Gasteiger partial charge in [-0.15, -0.1) is 0 Å². The number of nitrogens with zero attached hydrogens (tertiary/aromatic N) is 1. The minimum atomic E-state index is -3.62. The number of nitrogens with one attached hydrogen (secondary N) is 1. The largest absolute Gasteiger partial charge is 0.352 e. The van der Waals surface area contributed by atoms with Crippen molar-refractivity contribution >= 4 is 15.9 Å². The SMILES string of the molecule is CN(CC(=O)NC1CCCCCCC1)S(=O)(=O)c1ccccc1. The molecule has 1 aromatic rings. The Morgan fingerprint density at radius 1 is 1.09 bits per heavy atom. The average Bonchev–Trinajstić information content (AvgIpc) is 2.50. The number of carbonyl (C=O) groups is 1. The molecule has 0 saturated heterocycles. The van der Waals surface area contributed by atoms with Crippen molar-refractivity contribution < 1.29 is 13.2 Å². The van der Waals surface area contributed by atoms with Gasteiger partial charge in [-0.05, 0) is 25.0 Å². The molecule has 23 heavy (non-hydrogen) atoms. The Hall–Kier alpha value is -1.40. The second kappa shape index (κ2) is 8.45. The zero-order valence-electron chi connectivity index (χ0n) is 13.7. The lowest BCUT2D eigenvalue weighted by molar-refractivity contribution is -0.121. The molecular weight excluding hydrogens is 312 g/mol. The zero-order chi connectivity index (χ0) is 16.7. The van der Waals surface area contributed by atoms with Crippen LogP contribution < -0.4 is 5.32 Å². The van der Waals surface area contributed by atoms with Gasteiger partial charge in [0.1, 0.15) is 0 Å². The van der Waals surface area contributed by atoms with Gasteiger partial charge in [0.2, 0.25) is 15.9 Å². The van der Waals surface area contributed by atoms with Crippen molar-refractivity contribution in [3.8, 4) is 0 Å². The summed E-state index contributed by atoms with van der Waals surface area (Å²) in [5.41, 5.74) is 0. The molecule has 1 N–H and O–H groups in total. The quantitative estimate of drug-likeness (QED) is 0.897. The molecule has 0 atom stereocenters. The predicted molar refractivity (Wildman–Crippen MR) is 90.5 cm³/mol. The lowest BCUT2D eigenvalue weighted by Crippen LogP contribution is -2.42. The van der Waals surface area contributed by atoms with E-state index in [4.69, 9.17) is 0 Å². The monoisotopic (exact) mass is 338 g/mol. The summed E-state index contributed by atoms with van der Waals surface area (Å²) in [4.78, 5) is 12.4. The fourth-order valence-electron chi connectivity index (χ4n) is 2.93. The highest BCUT2D eigenvalue weighted by molar-refractivity contribution is 7.89.